The van der Waals surface area contributed by atoms with Gasteiger partial charge in [0.25, 0.3) is 0 Å². The first-order valence-corrected chi connectivity index (χ1v) is 5.27. The van der Waals surface area contributed by atoms with Crippen molar-refractivity contribution in [1.29, 1.82) is 0 Å². The van der Waals surface area contributed by atoms with Gasteiger partial charge in [0.1, 0.15) is 5.82 Å². The molecule has 0 radical (unpaired) electrons. The Morgan fingerprint density at radius 3 is 3.13 bits per heavy atom. The molecule has 0 atom stereocenters. The van der Waals surface area contributed by atoms with Gasteiger partial charge in [-0.1, -0.05) is 0 Å². The van der Waals surface area contributed by atoms with Gasteiger partial charge in [-0.15, -0.1) is 0 Å². The lowest BCUT2D eigenvalue weighted by Gasteiger charge is -2.24. The van der Waals surface area contributed by atoms with E-state index in [-0.39, 0.29) is 5.82 Å². The topological polar surface area (TPSA) is 19.0 Å². The summed E-state index contributed by atoms with van der Waals surface area (Å²) in [5.41, 5.74) is 3.40. The molecule has 1 aromatic heterocycles. The normalized spacial score (nSPS) is 15.7. The molecule has 0 unspecified atom stereocenters. The van der Waals surface area contributed by atoms with Crippen LogP contribution in [0.15, 0.2) is 18.2 Å². The molecule has 2 heterocycles. The van der Waals surface area contributed by atoms with Crippen LogP contribution >= 0.6 is 0 Å². The van der Waals surface area contributed by atoms with Crippen molar-refractivity contribution >= 4 is 16.6 Å². The highest BCUT2D eigenvalue weighted by Crippen LogP contribution is 2.34. The highest BCUT2D eigenvalue weighted by Gasteiger charge is 2.18. The molecule has 3 heteroatoms. The molecule has 78 valence electrons. The van der Waals surface area contributed by atoms with E-state index in [2.05, 4.69) is 16.9 Å². The molecule has 15 heavy (non-hydrogen) atoms. The van der Waals surface area contributed by atoms with Gasteiger partial charge in [-0.25, -0.2) is 4.39 Å². The van der Waals surface area contributed by atoms with Crippen LogP contribution in [-0.4, -0.2) is 18.6 Å². The maximum Gasteiger partial charge on any atom is 0.125 e. The van der Waals surface area contributed by atoms with E-state index in [0.717, 1.165) is 23.9 Å². The molecule has 0 saturated heterocycles. The van der Waals surface area contributed by atoms with Crippen LogP contribution in [-0.2, 0) is 6.42 Å². The van der Waals surface area contributed by atoms with Crippen LogP contribution in [0.25, 0.3) is 10.9 Å². The molecule has 1 aromatic carbocycles. The van der Waals surface area contributed by atoms with E-state index in [1.807, 2.05) is 6.07 Å². The molecule has 0 bridgehead atoms. The van der Waals surface area contributed by atoms with E-state index in [0.29, 0.717) is 0 Å². The number of hydrogen-bond acceptors (Lipinski definition) is 1. The van der Waals surface area contributed by atoms with E-state index >= 15 is 0 Å². The lowest BCUT2D eigenvalue weighted by molar-refractivity contribution is 0.629. The van der Waals surface area contributed by atoms with Crippen LogP contribution in [0, 0.1) is 5.82 Å². The summed E-state index contributed by atoms with van der Waals surface area (Å²) in [6.45, 7) is 1.08. The third kappa shape index (κ3) is 1.23. The second-order valence-electron chi connectivity index (χ2n) is 4.17. The van der Waals surface area contributed by atoms with Gasteiger partial charge in [-0.2, -0.15) is 0 Å². The lowest BCUT2D eigenvalue weighted by Crippen LogP contribution is -2.23. The summed E-state index contributed by atoms with van der Waals surface area (Å²) in [5.74, 6) is -0.177. The molecular formula is C12H13FN2. The van der Waals surface area contributed by atoms with Crippen molar-refractivity contribution in [2.24, 2.45) is 0 Å². The van der Waals surface area contributed by atoms with Gasteiger partial charge < -0.3 is 9.88 Å². The number of aryl methyl sites for hydroxylation is 1. The molecular weight excluding hydrogens is 191 g/mol. The smallest absolute Gasteiger partial charge is 0.125 e. The third-order valence-corrected chi connectivity index (χ3v) is 3.11. The summed E-state index contributed by atoms with van der Waals surface area (Å²) in [7, 11) is 2.09. The van der Waals surface area contributed by atoms with E-state index in [4.69, 9.17) is 0 Å². The van der Waals surface area contributed by atoms with Gasteiger partial charge in [-0.05, 0) is 31.0 Å². The molecule has 1 aliphatic rings. The molecule has 1 aliphatic heterocycles. The monoisotopic (exact) mass is 204 g/mol. The van der Waals surface area contributed by atoms with Gasteiger partial charge in [0.05, 0.1) is 11.2 Å². The van der Waals surface area contributed by atoms with Crippen LogP contribution in [0.5, 0.6) is 0 Å². The fourth-order valence-electron chi connectivity index (χ4n) is 2.43. The van der Waals surface area contributed by atoms with E-state index in [1.54, 1.807) is 6.07 Å². The number of halogens is 1. The number of rotatable bonds is 0. The largest absolute Gasteiger partial charge is 0.373 e. The number of fused-ring (bicyclic) bond motifs is 3. The Hall–Kier alpha value is -1.51. The van der Waals surface area contributed by atoms with E-state index in [9.17, 15) is 4.39 Å². The molecule has 1 N–H and O–H groups in total. The summed E-state index contributed by atoms with van der Waals surface area (Å²) >= 11 is 0. The highest BCUT2D eigenvalue weighted by molar-refractivity contribution is 5.95. The van der Waals surface area contributed by atoms with Crippen molar-refractivity contribution in [3.8, 4) is 0 Å². The Morgan fingerprint density at radius 1 is 1.40 bits per heavy atom. The summed E-state index contributed by atoms with van der Waals surface area (Å²) in [6, 6.07) is 4.96. The Morgan fingerprint density at radius 2 is 2.27 bits per heavy atom. The molecule has 2 nitrogen and oxygen atoms in total. The Balaban J connectivity index is 2.32. The van der Waals surface area contributed by atoms with Crippen LogP contribution in [0.4, 0.5) is 10.1 Å². The van der Waals surface area contributed by atoms with Crippen molar-refractivity contribution in [3.63, 3.8) is 0 Å². The number of aromatic nitrogens is 1. The van der Waals surface area contributed by atoms with Crippen molar-refractivity contribution in [2.45, 2.75) is 12.8 Å². The standard InChI is InChI=1S/C12H13FN2/c1-15-6-2-3-10-12(15)9-5-4-8(13)7-11(9)14-10/h4-5,7,14H,2-3,6H2,1H3. The van der Waals surface area contributed by atoms with Gasteiger partial charge in [0.2, 0.25) is 0 Å². The predicted octanol–water partition coefficient (Wildman–Crippen LogP) is 2.69. The second-order valence-corrected chi connectivity index (χ2v) is 4.17. The molecule has 0 aliphatic carbocycles. The molecule has 0 saturated carbocycles. The minimum atomic E-state index is -0.177. The Kier molecular flexibility index (Phi) is 1.75. The van der Waals surface area contributed by atoms with Crippen molar-refractivity contribution < 1.29 is 4.39 Å². The number of nitrogens with zero attached hydrogens (tertiary/aromatic N) is 1. The Bertz CT molecular complexity index is 516. The number of hydrogen-bond donors (Lipinski definition) is 1. The zero-order valence-electron chi connectivity index (χ0n) is 8.68. The van der Waals surface area contributed by atoms with E-state index < -0.39 is 0 Å². The molecule has 0 amide bonds. The molecule has 0 fully saturated rings. The average Bonchev–Trinajstić information content (AvgIpc) is 2.56. The average molecular weight is 204 g/mol. The zero-order chi connectivity index (χ0) is 10.4. The van der Waals surface area contributed by atoms with Crippen LogP contribution in [0.1, 0.15) is 12.1 Å². The number of benzene rings is 1. The van der Waals surface area contributed by atoms with Crippen molar-refractivity contribution in [2.75, 3.05) is 18.5 Å². The maximum absolute atomic E-state index is 13.1. The van der Waals surface area contributed by atoms with Gasteiger partial charge in [-0.3, -0.25) is 0 Å². The fraction of sp³-hybridized carbons (Fsp3) is 0.333. The van der Waals surface area contributed by atoms with Crippen molar-refractivity contribution in [3.05, 3.63) is 29.7 Å². The quantitative estimate of drug-likeness (QED) is 0.699. The first-order chi connectivity index (χ1) is 7.25. The predicted molar refractivity (Wildman–Crippen MR) is 59.8 cm³/mol. The lowest BCUT2D eigenvalue weighted by atomic mass is 10.1. The number of nitrogens with one attached hydrogen (secondary N) is 1. The first kappa shape index (κ1) is 8.77. The minimum absolute atomic E-state index is 0.177. The van der Waals surface area contributed by atoms with Crippen LogP contribution in [0.2, 0.25) is 0 Å². The first-order valence-electron chi connectivity index (χ1n) is 5.27. The fourth-order valence-corrected chi connectivity index (χ4v) is 2.43. The molecule has 0 spiro atoms. The van der Waals surface area contributed by atoms with Gasteiger partial charge in [0.15, 0.2) is 0 Å². The van der Waals surface area contributed by atoms with E-state index in [1.165, 1.54) is 23.9 Å². The third-order valence-electron chi connectivity index (χ3n) is 3.11. The summed E-state index contributed by atoms with van der Waals surface area (Å²) in [6.07, 6.45) is 2.23. The van der Waals surface area contributed by atoms with Crippen LogP contribution in [0.3, 0.4) is 0 Å². The van der Waals surface area contributed by atoms with Crippen molar-refractivity contribution in [1.82, 2.24) is 4.98 Å². The second kappa shape index (κ2) is 2.99. The summed E-state index contributed by atoms with van der Waals surface area (Å²) in [5, 5.41) is 1.13. The molecule has 3 rings (SSSR count). The number of aromatic amines is 1. The zero-order valence-corrected chi connectivity index (χ0v) is 8.68. The SMILES string of the molecule is CN1CCCc2[nH]c3cc(F)ccc3c21. The minimum Gasteiger partial charge on any atom is -0.373 e. The summed E-state index contributed by atoms with van der Waals surface area (Å²) in [4.78, 5) is 5.55. The summed E-state index contributed by atoms with van der Waals surface area (Å²) < 4.78 is 13.1. The maximum atomic E-state index is 13.1. The van der Waals surface area contributed by atoms with Gasteiger partial charge >= 0.3 is 0 Å². The Labute approximate surface area is 87.7 Å². The van der Waals surface area contributed by atoms with Gasteiger partial charge in [0, 0.05) is 24.7 Å². The number of H-pyrrole nitrogens is 1. The number of anilines is 1. The molecule has 2 aromatic rings. The van der Waals surface area contributed by atoms with Crippen LogP contribution < -0.4 is 4.90 Å². The highest BCUT2D eigenvalue weighted by atomic mass is 19.1.